The van der Waals surface area contributed by atoms with E-state index in [2.05, 4.69) is 161 Å². The van der Waals surface area contributed by atoms with Crippen molar-refractivity contribution in [2.75, 3.05) is 0 Å². The number of para-hydroxylation sites is 3. The van der Waals surface area contributed by atoms with Crippen molar-refractivity contribution < 1.29 is 4.42 Å². The van der Waals surface area contributed by atoms with Crippen LogP contribution in [0.5, 0.6) is 0 Å². The zero-order chi connectivity index (χ0) is 41.4. The van der Waals surface area contributed by atoms with Crippen LogP contribution in [0.15, 0.2) is 217 Å². The van der Waals surface area contributed by atoms with Crippen LogP contribution in [0.4, 0.5) is 0 Å². The van der Waals surface area contributed by atoms with E-state index in [0.717, 1.165) is 105 Å². The fraction of sp³-hybridized carbons (Fsp3) is 0. The molecule has 9 aromatic carbocycles. The summed E-state index contributed by atoms with van der Waals surface area (Å²) in [4.78, 5) is 15.2. The zero-order valence-corrected chi connectivity index (χ0v) is 33.9. The van der Waals surface area contributed by atoms with Gasteiger partial charge in [-0.3, -0.25) is 0 Å². The zero-order valence-electron chi connectivity index (χ0n) is 33.9. The lowest BCUT2D eigenvalue weighted by molar-refractivity contribution is 0.677. The van der Waals surface area contributed by atoms with E-state index in [-0.39, 0.29) is 0 Å². The number of rotatable bonds is 6. The predicted molar refractivity (Wildman–Crippen MR) is 258 cm³/mol. The van der Waals surface area contributed by atoms with Crippen LogP contribution < -0.4 is 0 Å². The van der Waals surface area contributed by atoms with Crippen LogP contribution in [0, 0.1) is 0 Å². The van der Waals surface area contributed by atoms with Crippen molar-refractivity contribution in [3.05, 3.63) is 212 Å². The molecule has 0 radical (unpaired) electrons. The van der Waals surface area contributed by atoms with E-state index in [1.54, 1.807) is 0 Å². The maximum absolute atomic E-state index is 7.23. The molecule has 13 aromatic rings. The Bertz CT molecular complexity index is 3830. The maximum atomic E-state index is 7.23. The molecule has 63 heavy (non-hydrogen) atoms. The van der Waals surface area contributed by atoms with Gasteiger partial charge in [-0.25, -0.2) is 15.0 Å². The molecule has 0 saturated carbocycles. The van der Waals surface area contributed by atoms with Gasteiger partial charge >= 0.3 is 0 Å². The summed E-state index contributed by atoms with van der Waals surface area (Å²) in [6.07, 6.45) is 0. The van der Waals surface area contributed by atoms with Gasteiger partial charge in [-0.2, -0.15) is 0 Å². The molecule has 0 aliphatic heterocycles. The topological polar surface area (TPSA) is 61.7 Å². The average Bonchev–Trinajstić information content (AvgIpc) is 4.02. The first-order valence-electron chi connectivity index (χ1n) is 21.2. The van der Waals surface area contributed by atoms with Gasteiger partial charge in [-0.05, 0) is 72.3 Å². The summed E-state index contributed by atoms with van der Waals surface area (Å²) < 4.78 is 12.0. The van der Waals surface area contributed by atoms with Gasteiger partial charge in [0.05, 0.1) is 38.5 Å². The van der Waals surface area contributed by atoms with E-state index in [4.69, 9.17) is 19.4 Å². The average molecular weight is 806 g/mol. The molecule has 6 nitrogen and oxygen atoms in total. The molecule has 294 valence electrons. The van der Waals surface area contributed by atoms with Crippen LogP contribution in [0.1, 0.15) is 0 Å². The molecule has 0 N–H and O–H groups in total. The van der Waals surface area contributed by atoms with Gasteiger partial charge in [-0.1, -0.05) is 146 Å². The monoisotopic (exact) mass is 805 g/mol. The fourth-order valence-electron chi connectivity index (χ4n) is 9.57. The third-order valence-corrected chi connectivity index (χ3v) is 12.4. The molecule has 0 amide bonds. The lowest BCUT2D eigenvalue weighted by Crippen LogP contribution is -2.02. The highest BCUT2D eigenvalue weighted by Gasteiger charge is 2.24. The summed E-state index contributed by atoms with van der Waals surface area (Å²) in [5, 5.41) is 6.68. The second-order valence-corrected chi connectivity index (χ2v) is 16.0. The quantitative estimate of drug-likeness (QED) is 0.168. The van der Waals surface area contributed by atoms with Crippen molar-refractivity contribution in [3.63, 3.8) is 0 Å². The number of hydrogen-bond donors (Lipinski definition) is 0. The minimum atomic E-state index is 0.609. The lowest BCUT2D eigenvalue weighted by Gasteiger charge is -2.16. The number of benzene rings is 9. The van der Waals surface area contributed by atoms with E-state index < -0.39 is 0 Å². The Kier molecular flexibility index (Phi) is 7.80. The molecule has 0 bridgehead atoms. The Labute approximate surface area is 361 Å². The Hall–Kier alpha value is -8.61. The molecule has 0 aliphatic rings. The first kappa shape index (κ1) is 35.2. The van der Waals surface area contributed by atoms with E-state index in [9.17, 15) is 0 Å². The molecule has 0 unspecified atom stereocenters. The summed E-state index contributed by atoms with van der Waals surface area (Å²) >= 11 is 0. The molecule has 0 saturated heterocycles. The van der Waals surface area contributed by atoms with E-state index in [0.29, 0.717) is 17.5 Å². The van der Waals surface area contributed by atoms with Crippen LogP contribution in [-0.4, -0.2) is 24.1 Å². The Morgan fingerprint density at radius 3 is 1.32 bits per heavy atom. The molecular weight excluding hydrogens is 771 g/mol. The van der Waals surface area contributed by atoms with Crippen molar-refractivity contribution in [1.29, 1.82) is 0 Å². The van der Waals surface area contributed by atoms with Crippen molar-refractivity contribution in [2.45, 2.75) is 0 Å². The first-order valence-corrected chi connectivity index (χ1v) is 21.2. The smallest absolute Gasteiger partial charge is 0.164 e. The van der Waals surface area contributed by atoms with Crippen LogP contribution in [0.25, 0.3) is 122 Å². The highest BCUT2D eigenvalue weighted by molar-refractivity contribution is 6.29. The third kappa shape index (κ3) is 5.48. The van der Waals surface area contributed by atoms with E-state index >= 15 is 0 Å². The molecule has 0 fully saturated rings. The molecule has 4 aromatic heterocycles. The number of fused-ring (bicyclic) bond motifs is 11. The normalized spacial score (nSPS) is 11.8. The van der Waals surface area contributed by atoms with Gasteiger partial charge in [0.15, 0.2) is 17.5 Å². The summed E-state index contributed by atoms with van der Waals surface area (Å²) in [7, 11) is 0. The van der Waals surface area contributed by atoms with Crippen LogP contribution in [-0.2, 0) is 0 Å². The van der Waals surface area contributed by atoms with Crippen LogP contribution in [0.2, 0.25) is 0 Å². The minimum absolute atomic E-state index is 0.609. The highest BCUT2D eigenvalue weighted by Crippen LogP contribution is 2.46. The second kappa shape index (κ2) is 14.0. The van der Waals surface area contributed by atoms with Gasteiger partial charge in [0.25, 0.3) is 0 Å². The summed E-state index contributed by atoms with van der Waals surface area (Å²) in [5.41, 5.74) is 13.3. The number of furan rings is 1. The molecular formula is C57H35N5O. The Balaban J connectivity index is 1.06. The van der Waals surface area contributed by atoms with Crippen LogP contribution >= 0.6 is 0 Å². The van der Waals surface area contributed by atoms with E-state index in [1.165, 1.54) is 0 Å². The third-order valence-electron chi connectivity index (χ3n) is 12.4. The van der Waals surface area contributed by atoms with Crippen molar-refractivity contribution >= 4 is 65.6 Å². The second-order valence-electron chi connectivity index (χ2n) is 16.0. The summed E-state index contributed by atoms with van der Waals surface area (Å²) in [6, 6.07) is 74.2. The molecule has 0 atom stereocenters. The Morgan fingerprint density at radius 2 is 0.762 bits per heavy atom. The van der Waals surface area contributed by atoms with Gasteiger partial charge < -0.3 is 13.6 Å². The van der Waals surface area contributed by atoms with Crippen molar-refractivity contribution in [2.24, 2.45) is 0 Å². The molecule has 0 spiro atoms. The van der Waals surface area contributed by atoms with Crippen molar-refractivity contribution in [1.82, 2.24) is 24.1 Å². The van der Waals surface area contributed by atoms with Gasteiger partial charge in [0.1, 0.15) is 11.2 Å². The summed E-state index contributed by atoms with van der Waals surface area (Å²) in [5.74, 6) is 1.87. The van der Waals surface area contributed by atoms with E-state index in [1.807, 2.05) is 60.7 Å². The molecule has 6 heteroatoms. The number of nitrogens with zero attached hydrogens (tertiary/aromatic N) is 5. The lowest BCUT2D eigenvalue weighted by atomic mass is 10.00. The largest absolute Gasteiger partial charge is 0.455 e. The fourth-order valence-corrected chi connectivity index (χ4v) is 9.57. The molecule has 13 rings (SSSR count). The molecule has 0 aliphatic carbocycles. The highest BCUT2D eigenvalue weighted by atomic mass is 16.3. The summed E-state index contributed by atoms with van der Waals surface area (Å²) in [6.45, 7) is 0. The predicted octanol–water partition coefficient (Wildman–Crippen LogP) is 14.6. The van der Waals surface area contributed by atoms with Gasteiger partial charge in [-0.15, -0.1) is 0 Å². The SMILES string of the molecule is c1ccc(-c2nc(-c3ccccc3)nc(-c3ccc(-n4c5ccccc5c5c6oc7c(ccc8c7c7ccccc7n8-c7ccccc7)c6ccc54)c(-c4ccccc4)c3)n2)cc1. The molecule has 4 heterocycles. The standard InChI is InChI=1S/C57H35N5O/c1-5-17-36(18-6-1)45-35-39(57-59-55(37-19-7-2-8-20-37)58-56(60-57)38-21-9-3-10-22-38)29-32-48(45)62-47-28-16-14-26-44(47)52-50(62)34-31-42-41-30-33-49-51(53(41)63-54(42)52)43-25-13-15-27-46(43)61(49)40-23-11-4-12-24-40/h1-35H. The number of aromatic nitrogens is 5. The Morgan fingerprint density at radius 1 is 0.317 bits per heavy atom. The maximum Gasteiger partial charge on any atom is 0.164 e. The first-order chi connectivity index (χ1) is 31.3. The number of hydrogen-bond acceptors (Lipinski definition) is 4. The van der Waals surface area contributed by atoms with Crippen LogP contribution in [0.3, 0.4) is 0 Å². The minimum Gasteiger partial charge on any atom is -0.455 e. The van der Waals surface area contributed by atoms with Gasteiger partial charge in [0, 0.05) is 49.5 Å². The van der Waals surface area contributed by atoms with Gasteiger partial charge in [0.2, 0.25) is 0 Å². The van der Waals surface area contributed by atoms with Crippen molar-refractivity contribution in [3.8, 4) is 56.7 Å².